The maximum Gasteiger partial charge on any atom is 0.145 e. The largest absolute Gasteiger partial charge is 0.299 e. The van der Waals surface area contributed by atoms with Crippen LogP contribution >= 0.6 is 0 Å². The molecule has 2 heteroatoms. The zero-order chi connectivity index (χ0) is 13.7. The van der Waals surface area contributed by atoms with Crippen molar-refractivity contribution in [3.63, 3.8) is 0 Å². The number of aromatic nitrogens is 2. The van der Waals surface area contributed by atoms with Gasteiger partial charge in [0.25, 0.3) is 0 Å². The molecule has 0 aliphatic heterocycles. The maximum absolute atomic E-state index is 4.60. The quantitative estimate of drug-likeness (QED) is 0.451. The van der Waals surface area contributed by atoms with E-state index < -0.39 is 0 Å². The van der Waals surface area contributed by atoms with Crippen molar-refractivity contribution >= 4 is 27.3 Å². The Balaban J connectivity index is 2.39. The molecule has 20 heavy (non-hydrogen) atoms. The van der Waals surface area contributed by atoms with E-state index in [4.69, 9.17) is 0 Å². The molecule has 0 radical (unpaired) electrons. The average molecular weight is 260 g/mol. The third-order valence-corrected chi connectivity index (χ3v) is 4.04. The lowest BCUT2D eigenvalue weighted by molar-refractivity contribution is 0.876. The van der Waals surface area contributed by atoms with Crippen LogP contribution in [0.25, 0.3) is 27.3 Å². The van der Waals surface area contributed by atoms with E-state index in [1.807, 2.05) is 12.4 Å². The molecule has 0 unspecified atom stereocenters. The highest BCUT2D eigenvalue weighted by atomic mass is 15.0. The topological polar surface area (TPSA) is 17.3 Å². The fourth-order valence-corrected chi connectivity index (χ4v) is 3.12. The number of para-hydroxylation sites is 1. The third-order valence-electron chi connectivity index (χ3n) is 4.04. The minimum atomic E-state index is 0.486. The van der Waals surface area contributed by atoms with Crippen molar-refractivity contribution < 1.29 is 0 Å². The second-order valence-corrected chi connectivity index (χ2v) is 5.56. The molecule has 0 amide bonds. The van der Waals surface area contributed by atoms with Gasteiger partial charge in [-0.15, -0.1) is 0 Å². The van der Waals surface area contributed by atoms with E-state index in [1.54, 1.807) is 0 Å². The van der Waals surface area contributed by atoms with Crippen molar-refractivity contribution in [2.75, 3.05) is 0 Å². The van der Waals surface area contributed by atoms with Crippen LogP contribution in [0.2, 0.25) is 0 Å². The molecule has 0 N–H and O–H groups in total. The highest BCUT2D eigenvalue weighted by molar-refractivity contribution is 6.13. The first kappa shape index (κ1) is 11.5. The summed E-state index contributed by atoms with van der Waals surface area (Å²) in [5.41, 5.74) is 3.64. The Morgan fingerprint density at radius 3 is 2.60 bits per heavy atom. The lowest BCUT2D eigenvalue weighted by atomic mass is 9.95. The van der Waals surface area contributed by atoms with Gasteiger partial charge >= 0.3 is 0 Å². The van der Waals surface area contributed by atoms with Gasteiger partial charge in [0.05, 0.1) is 5.52 Å². The van der Waals surface area contributed by atoms with Gasteiger partial charge in [0.15, 0.2) is 0 Å². The van der Waals surface area contributed by atoms with Crippen molar-refractivity contribution in [1.82, 2.24) is 9.38 Å². The Hall–Kier alpha value is -2.35. The Kier molecular flexibility index (Phi) is 2.34. The molecule has 4 rings (SSSR count). The van der Waals surface area contributed by atoms with Crippen LogP contribution < -0.4 is 0 Å². The molecule has 0 spiro atoms. The Labute approximate surface area is 117 Å². The smallest absolute Gasteiger partial charge is 0.145 e. The lowest BCUT2D eigenvalue weighted by Crippen LogP contribution is -1.95. The summed E-state index contributed by atoms with van der Waals surface area (Å²) < 4.78 is 2.20. The number of hydrogen-bond acceptors (Lipinski definition) is 1. The van der Waals surface area contributed by atoms with E-state index in [-0.39, 0.29) is 0 Å². The molecule has 2 aromatic heterocycles. The van der Waals surface area contributed by atoms with E-state index in [2.05, 4.69) is 65.7 Å². The van der Waals surface area contributed by atoms with Crippen LogP contribution in [0.1, 0.15) is 25.3 Å². The highest BCUT2D eigenvalue weighted by Gasteiger charge is 2.13. The van der Waals surface area contributed by atoms with Gasteiger partial charge in [-0.1, -0.05) is 50.2 Å². The first-order valence-electron chi connectivity index (χ1n) is 7.04. The van der Waals surface area contributed by atoms with Crippen molar-refractivity contribution in [3.8, 4) is 0 Å². The van der Waals surface area contributed by atoms with Crippen LogP contribution in [0.15, 0.2) is 54.9 Å². The second-order valence-electron chi connectivity index (χ2n) is 5.56. The molecule has 2 nitrogen and oxygen atoms in total. The fourth-order valence-electron chi connectivity index (χ4n) is 3.12. The number of pyridine rings is 1. The van der Waals surface area contributed by atoms with E-state index in [9.17, 15) is 0 Å². The van der Waals surface area contributed by atoms with Gasteiger partial charge in [-0.25, -0.2) is 4.98 Å². The molecule has 4 aromatic rings. The van der Waals surface area contributed by atoms with Crippen molar-refractivity contribution in [3.05, 3.63) is 60.4 Å². The van der Waals surface area contributed by atoms with Crippen molar-refractivity contribution in [2.24, 2.45) is 0 Å². The minimum Gasteiger partial charge on any atom is -0.299 e. The molecule has 0 aliphatic carbocycles. The van der Waals surface area contributed by atoms with Gasteiger partial charge in [0.2, 0.25) is 0 Å². The van der Waals surface area contributed by atoms with E-state index in [0.29, 0.717) is 5.92 Å². The zero-order valence-electron chi connectivity index (χ0n) is 11.7. The summed E-state index contributed by atoms with van der Waals surface area (Å²) >= 11 is 0. The molecule has 2 aromatic carbocycles. The normalized spacial score (nSPS) is 11.9. The molecule has 0 fully saturated rings. The SMILES string of the molecule is CC(C)c1cccc2c3ccccc3n3ccnc3c12. The molecule has 0 saturated carbocycles. The predicted molar refractivity (Wildman–Crippen MR) is 84.3 cm³/mol. The Morgan fingerprint density at radius 1 is 0.950 bits per heavy atom. The van der Waals surface area contributed by atoms with Gasteiger partial charge in [0.1, 0.15) is 5.65 Å². The summed E-state index contributed by atoms with van der Waals surface area (Å²) in [5, 5.41) is 3.87. The first-order chi connectivity index (χ1) is 9.77. The summed E-state index contributed by atoms with van der Waals surface area (Å²) in [5.74, 6) is 0.486. The van der Waals surface area contributed by atoms with E-state index in [0.717, 1.165) is 5.65 Å². The number of benzene rings is 2. The zero-order valence-corrected chi connectivity index (χ0v) is 11.7. The molecule has 98 valence electrons. The van der Waals surface area contributed by atoms with E-state index in [1.165, 1.54) is 27.2 Å². The summed E-state index contributed by atoms with van der Waals surface area (Å²) in [6.07, 6.45) is 3.94. The molecule has 0 bridgehead atoms. The van der Waals surface area contributed by atoms with Gasteiger partial charge in [-0.2, -0.15) is 0 Å². The summed E-state index contributed by atoms with van der Waals surface area (Å²) in [6, 6.07) is 15.1. The summed E-state index contributed by atoms with van der Waals surface area (Å²) in [7, 11) is 0. The molecule has 2 heterocycles. The summed E-state index contributed by atoms with van der Waals surface area (Å²) in [4.78, 5) is 4.60. The number of hydrogen-bond donors (Lipinski definition) is 0. The van der Waals surface area contributed by atoms with Crippen LogP contribution in [0.3, 0.4) is 0 Å². The Morgan fingerprint density at radius 2 is 1.75 bits per heavy atom. The maximum atomic E-state index is 4.60. The van der Waals surface area contributed by atoms with Crippen LogP contribution in [-0.4, -0.2) is 9.38 Å². The second kappa shape index (κ2) is 4.07. The van der Waals surface area contributed by atoms with Gasteiger partial charge < -0.3 is 0 Å². The fraction of sp³-hybridized carbons (Fsp3) is 0.167. The molecule has 0 atom stereocenters. The predicted octanol–water partition coefficient (Wildman–Crippen LogP) is 4.76. The average Bonchev–Trinajstić information content (AvgIpc) is 2.96. The highest BCUT2D eigenvalue weighted by Crippen LogP contribution is 2.33. The van der Waals surface area contributed by atoms with Gasteiger partial charge in [-0.3, -0.25) is 4.40 Å². The van der Waals surface area contributed by atoms with Gasteiger partial charge in [0, 0.05) is 23.2 Å². The standard InChI is InChI=1S/C18H16N2/c1-12(2)13-7-5-8-15-14-6-3-4-9-16(14)20-11-10-19-18(20)17(13)15/h3-12H,1-2H3. The lowest BCUT2D eigenvalue weighted by Gasteiger charge is -2.14. The minimum absolute atomic E-state index is 0.486. The number of fused-ring (bicyclic) bond motifs is 6. The summed E-state index contributed by atoms with van der Waals surface area (Å²) in [6.45, 7) is 4.48. The number of nitrogens with zero attached hydrogens (tertiary/aromatic N) is 2. The van der Waals surface area contributed by atoms with Crippen molar-refractivity contribution in [2.45, 2.75) is 19.8 Å². The van der Waals surface area contributed by atoms with Crippen LogP contribution in [0, 0.1) is 0 Å². The van der Waals surface area contributed by atoms with Gasteiger partial charge in [-0.05, 0) is 22.9 Å². The first-order valence-corrected chi connectivity index (χ1v) is 7.04. The molecule has 0 saturated heterocycles. The van der Waals surface area contributed by atoms with Crippen LogP contribution in [0.5, 0.6) is 0 Å². The molecular formula is C18H16N2. The molecular weight excluding hydrogens is 244 g/mol. The monoisotopic (exact) mass is 260 g/mol. The number of imidazole rings is 1. The number of rotatable bonds is 1. The van der Waals surface area contributed by atoms with Crippen LogP contribution in [-0.2, 0) is 0 Å². The molecule has 0 aliphatic rings. The van der Waals surface area contributed by atoms with Crippen molar-refractivity contribution in [1.29, 1.82) is 0 Å². The Bertz CT molecular complexity index is 932. The third kappa shape index (κ3) is 1.42. The van der Waals surface area contributed by atoms with Crippen LogP contribution in [0.4, 0.5) is 0 Å². The van der Waals surface area contributed by atoms with E-state index >= 15 is 0 Å².